The second-order valence-corrected chi connectivity index (χ2v) is 3.23. The molecule has 0 radical (unpaired) electrons. The first-order chi connectivity index (χ1) is 3.41. The molecule has 0 unspecified atom stereocenters. The highest BCUT2D eigenvalue weighted by Crippen LogP contribution is 1.84. The summed E-state index contributed by atoms with van der Waals surface area (Å²) in [5, 5.41) is 0. The Kier molecular flexibility index (Phi) is 5.98. The van der Waals surface area contributed by atoms with E-state index in [-0.39, 0.29) is 8.83 Å². The number of halogens is 1. The van der Waals surface area contributed by atoms with Crippen molar-refractivity contribution in [2.45, 2.75) is 6.04 Å². The summed E-state index contributed by atoms with van der Waals surface area (Å²) in [7, 11) is -0.269. The minimum atomic E-state index is -0.269. The fraction of sp³-hybridized carbons (Fsp3) is 0.200. The van der Waals surface area contributed by atoms with E-state index in [1.165, 1.54) is 0 Å². The van der Waals surface area contributed by atoms with E-state index in [1.54, 1.807) is 6.08 Å². The molecule has 0 saturated heterocycles. The quantitative estimate of drug-likeness (QED) is 0.310. The van der Waals surface area contributed by atoms with Gasteiger partial charge < -0.3 is 0 Å². The maximum absolute atomic E-state index is 5.49. The van der Waals surface area contributed by atoms with Crippen molar-refractivity contribution < 1.29 is 0 Å². The minimum absolute atomic E-state index is 0.269. The molecular weight excluding hydrogens is 124 g/mol. The first kappa shape index (κ1) is 6.99. The van der Waals surface area contributed by atoms with E-state index in [4.69, 9.17) is 11.1 Å². The summed E-state index contributed by atoms with van der Waals surface area (Å²) in [6.07, 6.45) is 5.74. The Bertz CT molecular complexity index is 68.5. The van der Waals surface area contributed by atoms with Crippen molar-refractivity contribution in [3.63, 3.8) is 0 Å². The Morgan fingerprint density at radius 3 is 2.86 bits per heavy atom. The van der Waals surface area contributed by atoms with Gasteiger partial charge in [-0.05, 0) is 6.04 Å². The second kappa shape index (κ2) is 5.99. The Hall–Kier alpha value is -0.0131. The van der Waals surface area contributed by atoms with E-state index >= 15 is 0 Å². The molecule has 0 heterocycles. The molecule has 0 aliphatic heterocycles. The molecule has 0 saturated carbocycles. The molecule has 0 bridgehead atoms. The van der Waals surface area contributed by atoms with Crippen LogP contribution in [-0.4, -0.2) is 8.83 Å². The molecule has 0 atom stereocenters. The first-order valence-electron chi connectivity index (χ1n) is 2.25. The third kappa shape index (κ3) is 5.99. The Labute approximate surface area is 51.4 Å². The molecule has 0 N–H and O–H groups in total. The Morgan fingerprint density at radius 2 is 2.43 bits per heavy atom. The number of hydrogen-bond acceptors (Lipinski definition) is 0. The number of allylic oxidation sites excluding steroid dienone is 3. The van der Waals surface area contributed by atoms with Crippen LogP contribution >= 0.6 is 11.1 Å². The molecule has 40 valence electrons. The van der Waals surface area contributed by atoms with Gasteiger partial charge in [0.1, 0.15) is 8.83 Å². The van der Waals surface area contributed by atoms with Gasteiger partial charge in [0.15, 0.2) is 0 Å². The summed E-state index contributed by atoms with van der Waals surface area (Å²) >= 11 is 5.49. The summed E-state index contributed by atoms with van der Waals surface area (Å²) in [6.45, 7) is 3.52. The second-order valence-electron chi connectivity index (χ2n) is 1.14. The fourth-order valence-corrected chi connectivity index (χ4v) is 0.952. The van der Waals surface area contributed by atoms with Crippen LogP contribution in [0.3, 0.4) is 0 Å². The van der Waals surface area contributed by atoms with Crippen LogP contribution < -0.4 is 0 Å². The van der Waals surface area contributed by atoms with E-state index < -0.39 is 0 Å². The topological polar surface area (TPSA) is 0 Å². The highest BCUT2D eigenvalue weighted by atomic mass is 35.6. The van der Waals surface area contributed by atoms with Crippen molar-refractivity contribution >= 4 is 19.9 Å². The molecule has 0 nitrogen and oxygen atoms in total. The van der Waals surface area contributed by atoms with Crippen molar-refractivity contribution in [1.82, 2.24) is 0 Å². The molecule has 0 rings (SSSR count). The molecule has 0 aliphatic rings. The molecule has 0 aromatic heterocycles. The Morgan fingerprint density at radius 1 is 1.71 bits per heavy atom. The summed E-state index contributed by atoms with van der Waals surface area (Å²) in [5.41, 5.74) is 0. The lowest BCUT2D eigenvalue weighted by Gasteiger charge is -1.74. The lowest BCUT2D eigenvalue weighted by Crippen LogP contribution is -1.66. The van der Waals surface area contributed by atoms with Crippen molar-refractivity contribution in [1.29, 1.82) is 0 Å². The van der Waals surface area contributed by atoms with Gasteiger partial charge in [0.05, 0.1) is 0 Å². The lowest BCUT2D eigenvalue weighted by atomic mass is 10.5. The van der Waals surface area contributed by atoms with Gasteiger partial charge in [0.25, 0.3) is 0 Å². The normalized spacial score (nSPS) is 11.6. The molecule has 2 heteroatoms. The maximum Gasteiger partial charge on any atom is 0.129 e. The van der Waals surface area contributed by atoms with Gasteiger partial charge in [-0.25, -0.2) is 0 Å². The SMILES string of the molecule is C=C/C=C/C[SiH2]Cl. The summed E-state index contributed by atoms with van der Waals surface area (Å²) in [6, 6.07) is 1.08. The van der Waals surface area contributed by atoms with E-state index in [9.17, 15) is 0 Å². The van der Waals surface area contributed by atoms with Crippen LogP contribution in [0, 0.1) is 0 Å². The van der Waals surface area contributed by atoms with Crippen molar-refractivity contribution in [3.05, 3.63) is 24.8 Å². The zero-order valence-electron chi connectivity index (χ0n) is 4.23. The molecule has 7 heavy (non-hydrogen) atoms. The molecule has 0 fully saturated rings. The average Bonchev–Trinajstić information content (AvgIpc) is 1.69. The van der Waals surface area contributed by atoms with Crippen LogP contribution in [0.25, 0.3) is 0 Å². The predicted octanol–water partition coefficient (Wildman–Crippen LogP) is 1.47. The number of hydrogen-bond donors (Lipinski definition) is 0. The van der Waals surface area contributed by atoms with Gasteiger partial charge in [-0.2, -0.15) is 11.1 Å². The molecular formula is C5H9ClSi. The predicted molar refractivity (Wildman–Crippen MR) is 38.5 cm³/mol. The Balaban J connectivity index is 2.92. The molecule has 0 aliphatic carbocycles. The third-order valence-corrected chi connectivity index (χ3v) is 1.75. The zero-order valence-corrected chi connectivity index (χ0v) is 6.40. The van der Waals surface area contributed by atoms with Crippen molar-refractivity contribution in [3.8, 4) is 0 Å². The summed E-state index contributed by atoms with van der Waals surface area (Å²) in [5.74, 6) is 0. The van der Waals surface area contributed by atoms with Gasteiger partial charge in [-0.3, -0.25) is 0 Å². The van der Waals surface area contributed by atoms with E-state index in [0.717, 1.165) is 6.04 Å². The highest BCUT2D eigenvalue weighted by Gasteiger charge is 1.70. The molecule has 0 aromatic rings. The van der Waals surface area contributed by atoms with Gasteiger partial charge >= 0.3 is 0 Å². The molecule has 0 amide bonds. The van der Waals surface area contributed by atoms with Gasteiger partial charge in [-0.15, -0.1) is 0 Å². The van der Waals surface area contributed by atoms with E-state index in [1.807, 2.05) is 12.2 Å². The van der Waals surface area contributed by atoms with Crippen LogP contribution in [0.1, 0.15) is 0 Å². The molecule has 0 aromatic carbocycles. The minimum Gasteiger partial charge on any atom is -0.176 e. The highest BCUT2D eigenvalue weighted by molar-refractivity contribution is 6.93. The summed E-state index contributed by atoms with van der Waals surface area (Å²) in [4.78, 5) is 0. The maximum atomic E-state index is 5.49. The van der Waals surface area contributed by atoms with Crippen LogP contribution in [0.15, 0.2) is 24.8 Å². The van der Waals surface area contributed by atoms with Gasteiger partial charge in [-0.1, -0.05) is 24.8 Å². The monoisotopic (exact) mass is 132 g/mol. The van der Waals surface area contributed by atoms with Crippen molar-refractivity contribution in [2.24, 2.45) is 0 Å². The lowest BCUT2D eigenvalue weighted by molar-refractivity contribution is 1.70. The fourth-order valence-electron chi connectivity index (χ4n) is 0.255. The van der Waals surface area contributed by atoms with Crippen LogP contribution in [-0.2, 0) is 0 Å². The largest absolute Gasteiger partial charge is 0.176 e. The standard InChI is InChI=1S/C5H9ClSi/c1-2-3-4-5-7-6/h2-4H,1,5,7H2/b4-3+. The zero-order chi connectivity index (χ0) is 5.54. The van der Waals surface area contributed by atoms with E-state index in [2.05, 4.69) is 6.58 Å². The van der Waals surface area contributed by atoms with Crippen LogP contribution in [0.2, 0.25) is 6.04 Å². The number of rotatable bonds is 3. The summed E-state index contributed by atoms with van der Waals surface area (Å²) < 4.78 is 0. The van der Waals surface area contributed by atoms with Crippen LogP contribution in [0.4, 0.5) is 0 Å². The smallest absolute Gasteiger partial charge is 0.129 e. The van der Waals surface area contributed by atoms with Crippen molar-refractivity contribution in [2.75, 3.05) is 0 Å². The molecule has 0 spiro atoms. The van der Waals surface area contributed by atoms with Gasteiger partial charge in [0.2, 0.25) is 0 Å². The van der Waals surface area contributed by atoms with E-state index in [0.29, 0.717) is 0 Å². The first-order valence-corrected chi connectivity index (χ1v) is 5.39. The van der Waals surface area contributed by atoms with Crippen LogP contribution in [0.5, 0.6) is 0 Å². The third-order valence-electron chi connectivity index (χ3n) is 0.548. The average molecular weight is 133 g/mol. The van der Waals surface area contributed by atoms with Gasteiger partial charge in [0, 0.05) is 0 Å².